The van der Waals surface area contributed by atoms with Gasteiger partial charge < -0.3 is 14.8 Å². The lowest BCUT2D eigenvalue weighted by atomic mass is 10.2. The smallest absolute Gasteiger partial charge is 0.250 e. The summed E-state index contributed by atoms with van der Waals surface area (Å²) in [7, 11) is 0. The van der Waals surface area contributed by atoms with Gasteiger partial charge in [-0.25, -0.2) is 0 Å². The van der Waals surface area contributed by atoms with Gasteiger partial charge in [0.2, 0.25) is 5.91 Å². The second kappa shape index (κ2) is 6.40. The predicted molar refractivity (Wildman–Crippen MR) is 71.9 cm³/mol. The second-order valence-electron chi connectivity index (χ2n) is 4.88. The van der Waals surface area contributed by atoms with Gasteiger partial charge in [-0.2, -0.15) is 0 Å². The minimum absolute atomic E-state index is 0.0317. The summed E-state index contributed by atoms with van der Waals surface area (Å²) in [5, 5.41) is 2.78. The molecule has 0 bridgehead atoms. The number of amides is 1. The fourth-order valence-corrected chi connectivity index (χ4v) is 1.32. The first kappa shape index (κ1) is 14.5. The van der Waals surface area contributed by atoms with Gasteiger partial charge in [-0.3, -0.25) is 4.79 Å². The number of anilines is 1. The molecule has 18 heavy (non-hydrogen) atoms. The van der Waals surface area contributed by atoms with Crippen LogP contribution in [-0.2, 0) is 9.53 Å². The SMILES string of the molecule is CCOc1ccccc1NC(=O)COC(C)(C)C. The van der Waals surface area contributed by atoms with Crippen LogP contribution in [0.25, 0.3) is 0 Å². The maximum Gasteiger partial charge on any atom is 0.250 e. The lowest BCUT2D eigenvalue weighted by molar-refractivity contribution is -0.125. The average molecular weight is 251 g/mol. The molecule has 0 heterocycles. The van der Waals surface area contributed by atoms with Crippen molar-refractivity contribution in [1.82, 2.24) is 0 Å². The van der Waals surface area contributed by atoms with Gasteiger partial charge in [-0.1, -0.05) is 12.1 Å². The zero-order valence-corrected chi connectivity index (χ0v) is 11.4. The highest BCUT2D eigenvalue weighted by atomic mass is 16.5. The van der Waals surface area contributed by atoms with Gasteiger partial charge in [0.15, 0.2) is 0 Å². The molecule has 0 aromatic heterocycles. The molecule has 0 aliphatic heterocycles. The number of hydrogen-bond donors (Lipinski definition) is 1. The molecule has 1 rings (SSSR count). The van der Waals surface area contributed by atoms with E-state index < -0.39 is 0 Å². The van der Waals surface area contributed by atoms with E-state index >= 15 is 0 Å². The average Bonchev–Trinajstić information content (AvgIpc) is 2.29. The van der Waals surface area contributed by atoms with E-state index in [0.717, 1.165) is 0 Å². The van der Waals surface area contributed by atoms with E-state index in [2.05, 4.69) is 5.32 Å². The largest absolute Gasteiger partial charge is 0.492 e. The Balaban J connectivity index is 2.59. The molecular formula is C14H21NO3. The molecule has 0 spiro atoms. The van der Waals surface area contributed by atoms with Crippen LogP contribution in [-0.4, -0.2) is 24.7 Å². The van der Waals surface area contributed by atoms with Gasteiger partial charge in [-0.15, -0.1) is 0 Å². The Morgan fingerprint density at radius 2 is 1.94 bits per heavy atom. The number of benzene rings is 1. The molecule has 100 valence electrons. The molecule has 0 atom stereocenters. The molecule has 0 saturated carbocycles. The monoisotopic (exact) mass is 251 g/mol. The van der Waals surface area contributed by atoms with Crippen molar-refractivity contribution >= 4 is 11.6 Å². The van der Waals surface area contributed by atoms with Crippen molar-refractivity contribution in [2.75, 3.05) is 18.5 Å². The quantitative estimate of drug-likeness (QED) is 0.875. The van der Waals surface area contributed by atoms with Gasteiger partial charge in [0.05, 0.1) is 17.9 Å². The third kappa shape index (κ3) is 5.19. The molecule has 4 nitrogen and oxygen atoms in total. The van der Waals surface area contributed by atoms with Gasteiger partial charge in [0.25, 0.3) is 0 Å². The first-order valence-electron chi connectivity index (χ1n) is 6.08. The first-order valence-corrected chi connectivity index (χ1v) is 6.08. The number of rotatable bonds is 5. The fraction of sp³-hybridized carbons (Fsp3) is 0.500. The number of carbonyl (C=O) groups is 1. The summed E-state index contributed by atoms with van der Waals surface area (Å²) < 4.78 is 10.8. The third-order valence-electron chi connectivity index (χ3n) is 2.10. The van der Waals surface area contributed by atoms with E-state index in [1.807, 2.05) is 45.9 Å². The van der Waals surface area contributed by atoms with Crippen molar-refractivity contribution < 1.29 is 14.3 Å². The molecule has 1 aromatic carbocycles. The van der Waals surface area contributed by atoms with E-state index in [9.17, 15) is 4.79 Å². The van der Waals surface area contributed by atoms with Crippen molar-refractivity contribution in [3.05, 3.63) is 24.3 Å². The van der Waals surface area contributed by atoms with Crippen LogP contribution in [0.3, 0.4) is 0 Å². The first-order chi connectivity index (χ1) is 8.42. The van der Waals surface area contributed by atoms with E-state index in [1.54, 1.807) is 6.07 Å². The summed E-state index contributed by atoms with van der Waals surface area (Å²) in [6, 6.07) is 7.35. The summed E-state index contributed by atoms with van der Waals surface area (Å²) in [4.78, 5) is 11.7. The van der Waals surface area contributed by atoms with Crippen LogP contribution in [0.5, 0.6) is 5.75 Å². The van der Waals surface area contributed by atoms with Crippen LogP contribution in [0, 0.1) is 0 Å². The Hall–Kier alpha value is -1.55. The van der Waals surface area contributed by atoms with Crippen molar-refractivity contribution in [3.8, 4) is 5.75 Å². The highest BCUT2D eigenvalue weighted by molar-refractivity contribution is 5.93. The number of nitrogens with one attached hydrogen (secondary N) is 1. The van der Waals surface area contributed by atoms with Gasteiger partial charge in [0, 0.05) is 0 Å². The van der Waals surface area contributed by atoms with Crippen molar-refractivity contribution in [2.24, 2.45) is 0 Å². The van der Waals surface area contributed by atoms with Gasteiger partial charge in [0.1, 0.15) is 12.4 Å². The summed E-state index contributed by atoms with van der Waals surface area (Å²) in [6.45, 7) is 8.23. The lowest BCUT2D eigenvalue weighted by Crippen LogP contribution is -2.27. The van der Waals surface area contributed by atoms with E-state index in [1.165, 1.54) is 0 Å². The minimum Gasteiger partial charge on any atom is -0.492 e. The summed E-state index contributed by atoms with van der Waals surface area (Å²) in [5.74, 6) is 0.487. The standard InChI is InChI=1S/C14H21NO3/c1-5-17-12-9-7-6-8-11(12)15-13(16)10-18-14(2,3)4/h6-9H,5,10H2,1-4H3,(H,15,16). The van der Waals surface area contributed by atoms with E-state index in [0.29, 0.717) is 18.0 Å². The van der Waals surface area contributed by atoms with Crippen molar-refractivity contribution in [3.63, 3.8) is 0 Å². The van der Waals surface area contributed by atoms with Crippen LogP contribution in [0.2, 0.25) is 0 Å². The molecule has 0 fully saturated rings. The Bertz CT molecular complexity index is 396. The van der Waals surface area contributed by atoms with Crippen LogP contribution in [0.1, 0.15) is 27.7 Å². The Morgan fingerprint density at radius 3 is 2.56 bits per heavy atom. The number of hydrogen-bond acceptors (Lipinski definition) is 3. The van der Waals surface area contributed by atoms with Crippen LogP contribution in [0.4, 0.5) is 5.69 Å². The summed E-state index contributed by atoms with van der Waals surface area (Å²) in [5.41, 5.74) is 0.346. The maximum absolute atomic E-state index is 11.7. The van der Waals surface area contributed by atoms with Crippen molar-refractivity contribution in [2.45, 2.75) is 33.3 Å². The number of para-hydroxylation sites is 2. The zero-order valence-electron chi connectivity index (χ0n) is 11.4. The topological polar surface area (TPSA) is 47.6 Å². The number of ether oxygens (including phenoxy) is 2. The highest BCUT2D eigenvalue weighted by Gasteiger charge is 2.13. The van der Waals surface area contributed by atoms with Crippen molar-refractivity contribution in [1.29, 1.82) is 0 Å². The Morgan fingerprint density at radius 1 is 1.28 bits per heavy atom. The Kier molecular flexibility index (Phi) is 5.16. The molecule has 0 radical (unpaired) electrons. The van der Waals surface area contributed by atoms with Crippen LogP contribution in [0.15, 0.2) is 24.3 Å². The number of carbonyl (C=O) groups excluding carboxylic acids is 1. The molecule has 1 aromatic rings. The van der Waals surface area contributed by atoms with E-state index in [-0.39, 0.29) is 18.1 Å². The third-order valence-corrected chi connectivity index (χ3v) is 2.10. The molecule has 0 saturated heterocycles. The molecule has 1 N–H and O–H groups in total. The molecule has 0 aliphatic rings. The highest BCUT2D eigenvalue weighted by Crippen LogP contribution is 2.23. The lowest BCUT2D eigenvalue weighted by Gasteiger charge is -2.19. The molecule has 0 unspecified atom stereocenters. The summed E-state index contributed by atoms with van der Waals surface area (Å²) in [6.07, 6.45) is 0. The normalized spacial score (nSPS) is 11.1. The molecule has 1 amide bonds. The minimum atomic E-state index is -0.323. The maximum atomic E-state index is 11.7. The van der Waals surface area contributed by atoms with Crippen LogP contribution >= 0.6 is 0 Å². The van der Waals surface area contributed by atoms with E-state index in [4.69, 9.17) is 9.47 Å². The summed E-state index contributed by atoms with van der Waals surface area (Å²) >= 11 is 0. The zero-order chi connectivity index (χ0) is 13.6. The predicted octanol–water partition coefficient (Wildman–Crippen LogP) is 2.84. The van der Waals surface area contributed by atoms with Crippen LogP contribution < -0.4 is 10.1 Å². The van der Waals surface area contributed by atoms with Gasteiger partial charge in [-0.05, 0) is 39.8 Å². The second-order valence-corrected chi connectivity index (χ2v) is 4.88. The van der Waals surface area contributed by atoms with Gasteiger partial charge >= 0.3 is 0 Å². The molecule has 0 aliphatic carbocycles. The molecular weight excluding hydrogens is 230 g/mol. The molecule has 4 heteroatoms. The Labute approximate surface area is 108 Å². The fourth-order valence-electron chi connectivity index (χ4n) is 1.32.